The average Bonchev–Trinajstić information content (AvgIpc) is 3.48. The summed E-state index contributed by atoms with van der Waals surface area (Å²) in [7, 11) is 0. The Balaban J connectivity index is 1.12. The van der Waals surface area contributed by atoms with Crippen molar-refractivity contribution in [3.05, 3.63) is 82.4 Å². The van der Waals surface area contributed by atoms with Crippen molar-refractivity contribution in [3.63, 3.8) is 0 Å². The maximum atomic E-state index is 13.3. The number of hydrogen-bond donors (Lipinski definition) is 0. The number of thiazole rings is 1. The maximum absolute atomic E-state index is 13.3. The molecular weight excluding hydrogens is 502 g/mol. The number of aryl methyl sites for hydroxylation is 1. The van der Waals surface area contributed by atoms with Crippen LogP contribution in [0.5, 0.6) is 0 Å². The summed E-state index contributed by atoms with van der Waals surface area (Å²) in [6.07, 6.45) is 0.162. The number of nitrogens with zero attached hydrogens (tertiary/aromatic N) is 5. The number of fused-ring (bicyclic) bond motifs is 1. The quantitative estimate of drug-likeness (QED) is 0.212. The van der Waals surface area contributed by atoms with E-state index in [-0.39, 0.29) is 23.9 Å². The molecule has 1 aromatic heterocycles. The Hall–Kier alpha value is -4.15. The number of anilines is 2. The Bertz CT molecular complexity index is 1540. The number of imide groups is 1. The number of piperazine rings is 1. The lowest BCUT2D eigenvalue weighted by atomic mass is 10.1. The van der Waals surface area contributed by atoms with E-state index in [0.717, 1.165) is 26.5 Å². The van der Waals surface area contributed by atoms with E-state index in [2.05, 4.69) is 22.8 Å². The number of rotatable bonds is 5. The number of nitro benzene ring substituents is 1. The van der Waals surface area contributed by atoms with Crippen LogP contribution >= 0.6 is 11.3 Å². The third kappa shape index (κ3) is 4.42. The van der Waals surface area contributed by atoms with Crippen LogP contribution in [0.2, 0.25) is 0 Å². The van der Waals surface area contributed by atoms with Gasteiger partial charge in [0.2, 0.25) is 5.91 Å². The summed E-state index contributed by atoms with van der Waals surface area (Å²) in [4.78, 5) is 47.0. The molecule has 0 aliphatic carbocycles. The molecule has 2 aliphatic heterocycles. The minimum Gasteiger partial charge on any atom is -0.369 e. The number of benzene rings is 3. The summed E-state index contributed by atoms with van der Waals surface area (Å²) in [6, 6.07) is 19.7. The summed E-state index contributed by atoms with van der Waals surface area (Å²) >= 11 is 1.62. The molecule has 3 heterocycles. The summed E-state index contributed by atoms with van der Waals surface area (Å²) in [5, 5.41) is 11.8. The molecule has 1 atom stereocenters. The van der Waals surface area contributed by atoms with Crippen molar-refractivity contribution in [3.8, 4) is 10.6 Å². The van der Waals surface area contributed by atoms with Crippen molar-refractivity contribution < 1.29 is 14.5 Å². The Morgan fingerprint density at radius 3 is 2.29 bits per heavy atom. The predicted octanol–water partition coefficient (Wildman–Crippen LogP) is 4.63. The van der Waals surface area contributed by atoms with Gasteiger partial charge in [0.05, 0.1) is 33.3 Å². The van der Waals surface area contributed by atoms with Crippen LogP contribution in [0.15, 0.2) is 66.7 Å². The van der Waals surface area contributed by atoms with E-state index < -0.39 is 11.0 Å². The summed E-state index contributed by atoms with van der Waals surface area (Å²) < 4.78 is 1.13. The molecule has 10 heteroatoms. The molecule has 6 rings (SSSR count). The van der Waals surface area contributed by atoms with E-state index in [1.54, 1.807) is 23.5 Å². The SMILES string of the molecule is Cc1ccc2nc(-c3ccc(N4C(=O)C[C@H](N5CCN(c6ccc([N+](=O)[O-])cc6)CC5)C4=O)cc3)sc2c1. The van der Waals surface area contributed by atoms with Crippen molar-refractivity contribution >= 4 is 50.4 Å². The van der Waals surface area contributed by atoms with Gasteiger partial charge in [-0.05, 0) is 61.0 Å². The predicted molar refractivity (Wildman–Crippen MR) is 148 cm³/mol. The van der Waals surface area contributed by atoms with Gasteiger partial charge in [-0.25, -0.2) is 9.88 Å². The average molecular weight is 528 g/mol. The van der Waals surface area contributed by atoms with Gasteiger partial charge in [0.15, 0.2) is 0 Å². The molecule has 0 bridgehead atoms. The Kier molecular flexibility index (Phi) is 6.13. The fraction of sp³-hybridized carbons (Fsp3) is 0.250. The lowest BCUT2D eigenvalue weighted by Gasteiger charge is -2.38. The van der Waals surface area contributed by atoms with Gasteiger partial charge >= 0.3 is 0 Å². The van der Waals surface area contributed by atoms with Crippen molar-refractivity contribution in [1.29, 1.82) is 0 Å². The number of carbonyl (C=O) groups is 2. The molecule has 2 aliphatic rings. The molecule has 2 saturated heterocycles. The number of nitro groups is 1. The van der Waals surface area contributed by atoms with Gasteiger partial charge in [-0.3, -0.25) is 24.6 Å². The molecule has 2 amide bonds. The first kappa shape index (κ1) is 24.2. The molecule has 2 fully saturated rings. The minimum atomic E-state index is -0.478. The van der Waals surface area contributed by atoms with Gasteiger partial charge in [-0.1, -0.05) is 6.07 Å². The second-order valence-electron chi connectivity index (χ2n) is 9.62. The molecule has 0 spiro atoms. The highest BCUT2D eigenvalue weighted by Crippen LogP contribution is 2.33. The molecule has 192 valence electrons. The van der Waals surface area contributed by atoms with Crippen LogP contribution < -0.4 is 9.80 Å². The van der Waals surface area contributed by atoms with Crippen molar-refractivity contribution in [2.75, 3.05) is 36.0 Å². The van der Waals surface area contributed by atoms with Crippen LogP contribution in [0.3, 0.4) is 0 Å². The van der Waals surface area contributed by atoms with Crippen molar-refractivity contribution in [1.82, 2.24) is 9.88 Å². The molecule has 4 aromatic rings. The number of aromatic nitrogens is 1. The molecule has 0 unspecified atom stereocenters. The van der Waals surface area contributed by atoms with Gasteiger partial charge in [-0.15, -0.1) is 11.3 Å². The van der Waals surface area contributed by atoms with Crippen molar-refractivity contribution in [2.45, 2.75) is 19.4 Å². The van der Waals surface area contributed by atoms with Gasteiger partial charge in [-0.2, -0.15) is 0 Å². The van der Waals surface area contributed by atoms with Gasteiger partial charge in [0.25, 0.3) is 11.6 Å². The van der Waals surface area contributed by atoms with Gasteiger partial charge < -0.3 is 4.90 Å². The van der Waals surface area contributed by atoms with Crippen LogP contribution in [-0.2, 0) is 9.59 Å². The summed E-state index contributed by atoms with van der Waals surface area (Å²) in [5.74, 6) is -0.386. The van der Waals surface area contributed by atoms with E-state index in [0.29, 0.717) is 31.9 Å². The second-order valence-corrected chi connectivity index (χ2v) is 10.7. The molecule has 0 saturated carbocycles. The fourth-order valence-electron chi connectivity index (χ4n) is 5.16. The monoisotopic (exact) mass is 527 g/mol. The first-order chi connectivity index (χ1) is 18.4. The Labute approximate surface area is 223 Å². The van der Waals surface area contributed by atoms with E-state index >= 15 is 0 Å². The molecule has 9 nitrogen and oxygen atoms in total. The third-order valence-corrected chi connectivity index (χ3v) is 8.29. The van der Waals surface area contributed by atoms with Crippen LogP contribution in [0.25, 0.3) is 20.8 Å². The highest BCUT2D eigenvalue weighted by molar-refractivity contribution is 7.21. The zero-order valence-electron chi connectivity index (χ0n) is 20.7. The topological polar surface area (TPSA) is 99.9 Å². The number of non-ortho nitro benzene ring substituents is 1. The minimum absolute atomic E-state index is 0.0609. The Morgan fingerprint density at radius 2 is 1.61 bits per heavy atom. The largest absolute Gasteiger partial charge is 0.369 e. The van der Waals surface area contributed by atoms with Crippen molar-refractivity contribution in [2.24, 2.45) is 0 Å². The normalized spacial score (nSPS) is 18.5. The second kappa shape index (κ2) is 9.62. The van der Waals surface area contributed by atoms with Gasteiger partial charge in [0.1, 0.15) is 5.01 Å². The van der Waals surface area contributed by atoms with E-state index in [9.17, 15) is 19.7 Å². The van der Waals surface area contributed by atoms with Crippen LogP contribution in [-0.4, -0.2) is 58.8 Å². The fourth-order valence-corrected chi connectivity index (χ4v) is 6.23. The van der Waals surface area contributed by atoms with E-state index in [1.165, 1.54) is 22.6 Å². The number of hydrogen-bond acceptors (Lipinski definition) is 8. The zero-order valence-corrected chi connectivity index (χ0v) is 21.6. The van der Waals surface area contributed by atoms with Crippen LogP contribution in [0.4, 0.5) is 17.1 Å². The third-order valence-electron chi connectivity index (χ3n) is 7.22. The molecule has 38 heavy (non-hydrogen) atoms. The zero-order chi connectivity index (χ0) is 26.4. The molecule has 0 N–H and O–H groups in total. The van der Waals surface area contributed by atoms with Crippen LogP contribution in [0.1, 0.15) is 12.0 Å². The van der Waals surface area contributed by atoms with Gasteiger partial charge in [0, 0.05) is 49.6 Å². The first-order valence-corrected chi connectivity index (χ1v) is 13.3. The molecule has 0 radical (unpaired) electrons. The first-order valence-electron chi connectivity index (χ1n) is 12.5. The standard InChI is InChI=1S/C28H25N5O4S/c1-18-2-11-23-25(16-18)38-27(29-23)19-3-5-21(6-4-19)32-26(34)17-24(28(32)35)31-14-12-30(13-15-31)20-7-9-22(10-8-20)33(36)37/h2-11,16,24H,12-15,17H2,1H3/t24-/m0/s1. The molecule has 3 aromatic carbocycles. The highest BCUT2D eigenvalue weighted by atomic mass is 32.1. The lowest BCUT2D eigenvalue weighted by Crippen LogP contribution is -2.52. The molecular formula is C28H25N5O4S. The lowest BCUT2D eigenvalue weighted by molar-refractivity contribution is -0.384. The Morgan fingerprint density at radius 1 is 0.921 bits per heavy atom. The summed E-state index contributed by atoms with van der Waals surface area (Å²) in [5.41, 5.74) is 4.65. The highest BCUT2D eigenvalue weighted by Gasteiger charge is 2.43. The smallest absolute Gasteiger partial charge is 0.269 e. The maximum Gasteiger partial charge on any atom is 0.269 e. The van der Waals surface area contributed by atoms with Crippen LogP contribution in [0, 0.1) is 17.0 Å². The number of amides is 2. The van der Waals surface area contributed by atoms with E-state index in [4.69, 9.17) is 4.98 Å². The summed E-state index contributed by atoms with van der Waals surface area (Å²) in [6.45, 7) is 4.66. The number of carbonyl (C=O) groups excluding carboxylic acids is 2. The van der Waals surface area contributed by atoms with E-state index in [1.807, 2.05) is 36.4 Å².